The molecule has 0 radical (unpaired) electrons. The molecule has 1 aromatic heterocycles. The Morgan fingerprint density at radius 1 is 1.25 bits per heavy atom. The van der Waals surface area contributed by atoms with Crippen LogP contribution in [0.1, 0.15) is 31.7 Å². The van der Waals surface area contributed by atoms with Gasteiger partial charge in [-0.1, -0.05) is 6.92 Å². The highest BCUT2D eigenvalue weighted by Gasteiger charge is 2.12. The zero-order chi connectivity index (χ0) is 14.2. The molecule has 1 fully saturated rings. The third-order valence-corrected chi connectivity index (χ3v) is 3.74. The van der Waals surface area contributed by atoms with Crippen molar-refractivity contribution in [3.05, 3.63) is 18.0 Å². The van der Waals surface area contributed by atoms with E-state index in [0.29, 0.717) is 0 Å². The van der Waals surface area contributed by atoms with Gasteiger partial charge in [0.25, 0.3) is 0 Å². The third-order valence-electron chi connectivity index (χ3n) is 3.74. The summed E-state index contributed by atoms with van der Waals surface area (Å²) < 4.78 is 0. The van der Waals surface area contributed by atoms with Gasteiger partial charge >= 0.3 is 0 Å². The summed E-state index contributed by atoms with van der Waals surface area (Å²) in [7, 11) is 2.07. The van der Waals surface area contributed by atoms with Crippen LogP contribution in [-0.4, -0.2) is 54.6 Å². The normalized spacial score (nSPS) is 15.7. The number of nitrogens with one attached hydrogen (secondary N) is 1. The molecular weight excluding hydrogens is 250 g/mol. The van der Waals surface area contributed by atoms with Crippen molar-refractivity contribution in [2.45, 2.75) is 32.7 Å². The van der Waals surface area contributed by atoms with Crippen molar-refractivity contribution in [3.63, 3.8) is 0 Å². The minimum Gasteiger partial charge on any atom is -0.343 e. The number of hydrogen-bond acceptors (Lipinski definition) is 5. The topological polar surface area (TPSA) is 44.3 Å². The molecule has 2 rings (SSSR count). The molecule has 1 N–H and O–H groups in total. The maximum absolute atomic E-state index is 4.46. The Kier molecular flexibility index (Phi) is 6.21. The van der Waals surface area contributed by atoms with Gasteiger partial charge in [-0.3, -0.25) is 0 Å². The van der Waals surface area contributed by atoms with E-state index in [1.54, 1.807) is 0 Å². The van der Waals surface area contributed by atoms with Gasteiger partial charge in [-0.05, 0) is 38.9 Å². The molecule has 0 atom stereocenters. The molecular formula is C15H27N5. The van der Waals surface area contributed by atoms with Crippen LogP contribution >= 0.6 is 0 Å². The predicted octanol–water partition coefficient (Wildman–Crippen LogP) is 1.51. The molecule has 5 heteroatoms. The van der Waals surface area contributed by atoms with E-state index in [0.717, 1.165) is 44.1 Å². The van der Waals surface area contributed by atoms with Crippen LogP contribution in [0, 0.1) is 0 Å². The zero-order valence-electron chi connectivity index (χ0n) is 12.8. The summed E-state index contributed by atoms with van der Waals surface area (Å²) in [4.78, 5) is 13.6. The zero-order valence-corrected chi connectivity index (χ0v) is 12.8. The fourth-order valence-corrected chi connectivity index (χ4v) is 2.44. The van der Waals surface area contributed by atoms with Crippen LogP contribution in [0.4, 0.5) is 5.95 Å². The smallest absolute Gasteiger partial charge is 0.225 e. The Balaban J connectivity index is 1.75. The first-order valence-corrected chi connectivity index (χ1v) is 7.74. The molecule has 1 aliphatic heterocycles. The van der Waals surface area contributed by atoms with E-state index in [-0.39, 0.29) is 0 Å². The standard InChI is InChI=1S/C15H27N5/c1-3-6-16-11-14-12-17-15(18-13-14)19(2)9-10-20-7-4-5-8-20/h12-13,16H,3-11H2,1-2H3. The summed E-state index contributed by atoms with van der Waals surface area (Å²) in [5, 5.41) is 3.36. The fourth-order valence-electron chi connectivity index (χ4n) is 2.44. The van der Waals surface area contributed by atoms with Gasteiger partial charge < -0.3 is 15.1 Å². The molecule has 5 nitrogen and oxygen atoms in total. The van der Waals surface area contributed by atoms with Crippen molar-refractivity contribution in [2.24, 2.45) is 0 Å². The van der Waals surface area contributed by atoms with Gasteiger partial charge in [0.15, 0.2) is 0 Å². The fraction of sp³-hybridized carbons (Fsp3) is 0.733. The second-order valence-electron chi connectivity index (χ2n) is 5.54. The lowest BCUT2D eigenvalue weighted by atomic mass is 10.3. The minimum absolute atomic E-state index is 0.823. The molecule has 0 bridgehead atoms. The van der Waals surface area contributed by atoms with Crippen LogP contribution in [0.15, 0.2) is 12.4 Å². The summed E-state index contributed by atoms with van der Waals surface area (Å²) in [6.07, 6.45) is 7.70. The Morgan fingerprint density at radius 3 is 2.60 bits per heavy atom. The van der Waals surface area contributed by atoms with Crippen molar-refractivity contribution >= 4 is 5.95 Å². The number of aromatic nitrogens is 2. The van der Waals surface area contributed by atoms with Crippen LogP contribution < -0.4 is 10.2 Å². The van der Waals surface area contributed by atoms with Gasteiger partial charge in [0, 0.05) is 44.6 Å². The number of likely N-dealkylation sites (N-methyl/N-ethyl adjacent to an activating group) is 1. The molecule has 0 aromatic carbocycles. The van der Waals surface area contributed by atoms with E-state index >= 15 is 0 Å². The van der Waals surface area contributed by atoms with Crippen LogP contribution in [0.2, 0.25) is 0 Å². The van der Waals surface area contributed by atoms with Crippen molar-refractivity contribution in [2.75, 3.05) is 44.7 Å². The van der Waals surface area contributed by atoms with Gasteiger partial charge in [0.2, 0.25) is 5.95 Å². The quantitative estimate of drug-likeness (QED) is 0.730. The molecule has 0 aliphatic carbocycles. The van der Waals surface area contributed by atoms with E-state index in [1.165, 1.54) is 25.9 Å². The number of nitrogens with zero attached hydrogens (tertiary/aromatic N) is 4. The van der Waals surface area contributed by atoms with Crippen molar-refractivity contribution in [1.29, 1.82) is 0 Å². The van der Waals surface area contributed by atoms with Crippen LogP contribution in [-0.2, 0) is 6.54 Å². The van der Waals surface area contributed by atoms with Gasteiger partial charge in [0.05, 0.1) is 0 Å². The summed E-state index contributed by atoms with van der Waals surface area (Å²) in [6.45, 7) is 8.66. The van der Waals surface area contributed by atoms with Crippen molar-refractivity contribution in [3.8, 4) is 0 Å². The Morgan fingerprint density at radius 2 is 1.95 bits per heavy atom. The second kappa shape index (κ2) is 8.17. The summed E-state index contributed by atoms with van der Waals surface area (Å²) in [5.74, 6) is 0.823. The lowest BCUT2D eigenvalue weighted by Crippen LogP contribution is -2.32. The maximum atomic E-state index is 4.46. The Hall–Kier alpha value is -1.20. The number of hydrogen-bond donors (Lipinski definition) is 1. The second-order valence-corrected chi connectivity index (χ2v) is 5.54. The van der Waals surface area contributed by atoms with Crippen LogP contribution in [0.5, 0.6) is 0 Å². The average Bonchev–Trinajstić information content (AvgIpc) is 2.99. The van der Waals surface area contributed by atoms with Gasteiger partial charge in [0.1, 0.15) is 0 Å². The van der Waals surface area contributed by atoms with Gasteiger partial charge in [-0.25, -0.2) is 9.97 Å². The van der Waals surface area contributed by atoms with E-state index in [9.17, 15) is 0 Å². The molecule has 112 valence electrons. The molecule has 0 unspecified atom stereocenters. The first-order chi connectivity index (χ1) is 9.79. The van der Waals surface area contributed by atoms with Gasteiger partial charge in [-0.2, -0.15) is 0 Å². The highest BCUT2D eigenvalue weighted by molar-refractivity contribution is 5.28. The molecule has 2 heterocycles. The molecule has 1 aliphatic rings. The largest absolute Gasteiger partial charge is 0.343 e. The molecule has 20 heavy (non-hydrogen) atoms. The highest BCUT2D eigenvalue weighted by Crippen LogP contribution is 2.09. The van der Waals surface area contributed by atoms with E-state index in [1.807, 2.05) is 12.4 Å². The molecule has 0 amide bonds. The molecule has 1 aromatic rings. The Bertz CT molecular complexity index is 372. The van der Waals surface area contributed by atoms with E-state index in [2.05, 4.69) is 39.1 Å². The van der Waals surface area contributed by atoms with Crippen molar-refractivity contribution < 1.29 is 0 Å². The number of rotatable bonds is 8. The summed E-state index contributed by atoms with van der Waals surface area (Å²) >= 11 is 0. The highest BCUT2D eigenvalue weighted by atomic mass is 15.3. The van der Waals surface area contributed by atoms with Crippen LogP contribution in [0.3, 0.4) is 0 Å². The monoisotopic (exact) mass is 277 g/mol. The molecule has 1 saturated heterocycles. The van der Waals surface area contributed by atoms with Crippen molar-refractivity contribution in [1.82, 2.24) is 20.2 Å². The maximum Gasteiger partial charge on any atom is 0.225 e. The van der Waals surface area contributed by atoms with Crippen LogP contribution in [0.25, 0.3) is 0 Å². The summed E-state index contributed by atoms with van der Waals surface area (Å²) in [5.41, 5.74) is 1.15. The first kappa shape index (κ1) is 15.2. The molecule has 0 saturated carbocycles. The van der Waals surface area contributed by atoms with Gasteiger partial charge in [-0.15, -0.1) is 0 Å². The number of anilines is 1. The van der Waals surface area contributed by atoms with E-state index in [4.69, 9.17) is 0 Å². The lowest BCUT2D eigenvalue weighted by molar-refractivity contribution is 0.346. The molecule has 0 spiro atoms. The lowest BCUT2D eigenvalue weighted by Gasteiger charge is -2.21. The van der Waals surface area contributed by atoms with E-state index < -0.39 is 0 Å². The average molecular weight is 277 g/mol. The third kappa shape index (κ3) is 4.72. The number of likely N-dealkylation sites (tertiary alicyclic amines) is 1. The SMILES string of the molecule is CCCNCc1cnc(N(C)CCN2CCCC2)nc1. The Labute approximate surface area is 122 Å². The predicted molar refractivity (Wildman–Crippen MR) is 83.0 cm³/mol. The minimum atomic E-state index is 0.823. The first-order valence-electron chi connectivity index (χ1n) is 7.74. The summed E-state index contributed by atoms with van der Waals surface area (Å²) in [6, 6.07) is 0.